The molecule has 0 unspecified atom stereocenters. The minimum Gasteiger partial charge on any atom is -0.486 e. The number of carbonyl (C=O) groups is 1. The van der Waals surface area contributed by atoms with Gasteiger partial charge in [0.2, 0.25) is 0 Å². The smallest absolute Gasteiger partial charge is 0.266 e. The molecule has 0 N–H and O–H groups in total. The van der Waals surface area contributed by atoms with Crippen molar-refractivity contribution >= 4 is 5.91 Å². The van der Waals surface area contributed by atoms with Gasteiger partial charge in [-0.1, -0.05) is 6.07 Å². The first kappa shape index (κ1) is 19.3. The van der Waals surface area contributed by atoms with Crippen LogP contribution >= 0.6 is 0 Å². The van der Waals surface area contributed by atoms with E-state index in [-0.39, 0.29) is 17.4 Å². The van der Waals surface area contributed by atoms with Crippen LogP contribution in [0.3, 0.4) is 0 Å². The number of piperidine rings is 1. The van der Waals surface area contributed by atoms with Gasteiger partial charge in [-0.2, -0.15) is 5.10 Å². The molecule has 1 fully saturated rings. The van der Waals surface area contributed by atoms with Crippen molar-refractivity contribution < 1.29 is 14.3 Å². The van der Waals surface area contributed by atoms with Gasteiger partial charge in [-0.25, -0.2) is 14.3 Å². The average Bonchev–Trinajstić information content (AvgIpc) is 3.35. The van der Waals surface area contributed by atoms with Crippen LogP contribution in [0.15, 0.2) is 47.8 Å². The molecule has 31 heavy (non-hydrogen) atoms. The summed E-state index contributed by atoms with van der Waals surface area (Å²) in [7, 11) is 0. The van der Waals surface area contributed by atoms with E-state index in [0.717, 1.165) is 12.8 Å². The normalized spacial score (nSPS) is 16.3. The van der Waals surface area contributed by atoms with Crippen molar-refractivity contribution in [2.24, 2.45) is 5.92 Å². The van der Waals surface area contributed by atoms with E-state index in [2.05, 4.69) is 15.2 Å². The first-order valence-corrected chi connectivity index (χ1v) is 10.3. The summed E-state index contributed by atoms with van der Waals surface area (Å²) in [5.41, 5.74) is 0.379. The minimum atomic E-state index is -0.157. The van der Waals surface area contributed by atoms with Gasteiger partial charge < -0.3 is 14.4 Å². The van der Waals surface area contributed by atoms with E-state index in [1.54, 1.807) is 12.1 Å². The molecule has 2 aliphatic heterocycles. The van der Waals surface area contributed by atoms with Crippen molar-refractivity contribution in [3.05, 3.63) is 58.9 Å². The Morgan fingerprint density at radius 2 is 1.94 bits per heavy atom. The van der Waals surface area contributed by atoms with Gasteiger partial charge in [-0.3, -0.25) is 9.59 Å². The van der Waals surface area contributed by atoms with E-state index in [1.807, 2.05) is 17.0 Å². The lowest BCUT2D eigenvalue weighted by molar-refractivity contribution is 0.0670. The lowest BCUT2D eigenvalue weighted by Gasteiger charge is -2.32. The Morgan fingerprint density at radius 1 is 1.10 bits per heavy atom. The Bertz CT molecular complexity index is 1140. The molecule has 0 saturated carbocycles. The zero-order valence-corrected chi connectivity index (χ0v) is 16.9. The molecule has 1 saturated heterocycles. The lowest BCUT2D eigenvalue weighted by atomic mass is 9.96. The molecule has 1 aromatic carbocycles. The van der Waals surface area contributed by atoms with Gasteiger partial charge in [-0.05, 0) is 37.0 Å². The quantitative estimate of drug-likeness (QED) is 0.621. The summed E-state index contributed by atoms with van der Waals surface area (Å²) in [6.45, 7) is 2.66. The first-order valence-electron chi connectivity index (χ1n) is 10.3. The highest BCUT2D eigenvalue weighted by molar-refractivity contribution is 5.98. The third-order valence-electron chi connectivity index (χ3n) is 5.64. The van der Waals surface area contributed by atoms with Crippen LogP contribution in [0.25, 0.3) is 5.82 Å². The highest BCUT2D eigenvalue weighted by Crippen LogP contribution is 2.34. The number of ether oxygens (including phenoxy) is 2. The molecule has 0 spiro atoms. The van der Waals surface area contributed by atoms with Crippen LogP contribution in [-0.4, -0.2) is 61.7 Å². The molecule has 10 nitrogen and oxygen atoms in total. The second kappa shape index (κ2) is 8.21. The molecule has 0 radical (unpaired) electrons. The minimum absolute atomic E-state index is 0.0516. The maximum absolute atomic E-state index is 13.1. The first-order chi connectivity index (χ1) is 15.2. The Hall–Kier alpha value is -3.69. The molecule has 2 aliphatic rings. The van der Waals surface area contributed by atoms with Gasteiger partial charge in [0, 0.05) is 25.7 Å². The number of fused-ring (bicyclic) bond motifs is 1. The summed E-state index contributed by atoms with van der Waals surface area (Å²) in [5.74, 6) is 1.89. The Kier molecular flexibility index (Phi) is 5.11. The van der Waals surface area contributed by atoms with Crippen molar-refractivity contribution in [3.63, 3.8) is 0 Å². The van der Waals surface area contributed by atoms with E-state index in [1.165, 1.54) is 28.1 Å². The summed E-state index contributed by atoms with van der Waals surface area (Å²) >= 11 is 0. The maximum Gasteiger partial charge on any atom is 0.266 e. The highest BCUT2D eigenvalue weighted by Gasteiger charge is 2.28. The molecule has 160 valence electrons. The Labute approximate surface area is 178 Å². The van der Waals surface area contributed by atoms with Crippen molar-refractivity contribution in [2.75, 3.05) is 26.3 Å². The van der Waals surface area contributed by atoms with E-state index >= 15 is 0 Å². The van der Waals surface area contributed by atoms with Crippen LogP contribution in [0.2, 0.25) is 0 Å². The number of hydrogen-bond acceptors (Lipinski definition) is 7. The zero-order chi connectivity index (χ0) is 21.2. The summed E-state index contributed by atoms with van der Waals surface area (Å²) < 4.78 is 14.3. The Morgan fingerprint density at radius 3 is 2.74 bits per heavy atom. The van der Waals surface area contributed by atoms with E-state index in [4.69, 9.17) is 9.47 Å². The number of hydrogen-bond donors (Lipinski definition) is 0. The lowest BCUT2D eigenvalue weighted by Crippen LogP contribution is -2.40. The topological polar surface area (TPSA) is 104 Å². The number of aromatic nitrogens is 5. The van der Waals surface area contributed by atoms with Crippen molar-refractivity contribution in [2.45, 2.75) is 19.4 Å². The second-order valence-electron chi connectivity index (χ2n) is 7.62. The van der Waals surface area contributed by atoms with Crippen LogP contribution in [-0.2, 0) is 6.54 Å². The number of likely N-dealkylation sites (tertiary alicyclic amines) is 1. The molecule has 10 heteroatoms. The molecule has 0 bridgehead atoms. The highest BCUT2D eigenvalue weighted by atomic mass is 16.6. The van der Waals surface area contributed by atoms with E-state index in [9.17, 15) is 9.59 Å². The van der Waals surface area contributed by atoms with Gasteiger partial charge in [0.05, 0.1) is 5.56 Å². The molecular weight excluding hydrogens is 400 g/mol. The average molecular weight is 422 g/mol. The summed E-state index contributed by atoms with van der Waals surface area (Å²) in [4.78, 5) is 31.1. The predicted molar refractivity (Wildman–Crippen MR) is 109 cm³/mol. The fourth-order valence-corrected chi connectivity index (χ4v) is 3.99. The molecule has 1 amide bonds. The third kappa shape index (κ3) is 3.88. The van der Waals surface area contributed by atoms with E-state index < -0.39 is 0 Å². The van der Waals surface area contributed by atoms with Gasteiger partial charge in [0.15, 0.2) is 17.3 Å². The fourth-order valence-electron chi connectivity index (χ4n) is 3.99. The standard InChI is InChI=1S/C21H22N6O4/c28-19-5-4-18(27-14-22-13-23-27)24-26(19)12-15-6-8-25(9-7-15)21(29)16-2-1-3-17-20(16)31-11-10-30-17/h1-5,13-15H,6-12H2. The van der Waals surface area contributed by atoms with E-state index in [0.29, 0.717) is 55.7 Å². The molecule has 2 aromatic heterocycles. The van der Waals surface area contributed by atoms with Crippen LogP contribution in [0.4, 0.5) is 0 Å². The van der Waals surface area contributed by atoms with Crippen molar-refractivity contribution in [1.29, 1.82) is 0 Å². The number of para-hydroxylation sites is 1. The summed E-state index contributed by atoms with van der Waals surface area (Å²) in [5, 5.41) is 8.47. The molecule has 0 aliphatic carbocycles. The zero-order valence-electron chi connectivity index (χ0n) is 16.9. The number of nitrogens with zero attached hydrogens (tertiary/aromatic N) is 6. The molecule has 4 heterocycles. The molecule has 5 rings (SSSR count). The van der Waals surface area contributed by atoms with Crippen LogP contribution < -0.4 is 15.0 Å². The molecule has 3 aromatic rings. The fraction of sp³-hybridized carbons (Fsp3) is 0.381. The number of rotatable bonds is 4. The number of carbonyl (C=O) groups excluding carboxylic acids is 1. The van der Waals surface area contributed by atoms with Gasteiger partial charge in [-0.15, -0.1) is 5.10 Å². The summed E-state index contributed by atoms with van der Waals surface area (Å²) in [6, 6.07) is 8.52. The SMILES string of the molecule is O=C(c1cccc2c1OCCO2)N1CCC(Cn2nc(-n3cncn3)ccc2=O)CC1. The number of benzene rings is 1. The third-order valence-corrected chi connectivity index (χ3v) is 5.64. The predicted octanol–water partition coefficient (Wildman–Crippen LogP) is 1.15. The molecule has 0 atom stereocenters. The van der Waals surface area contributed by atoms with Crippen molar-refractivity contribution in [3.8, 4) is 17.3 Å². The van der Waals surface area contributed by atoms with Crippen LogP contribution in [0, 0.1) is 5.92 Å². The van der Waals surface area contributed by atoms with Crippen LogP contribution in [0.1, 0.15) is 23.2 Å². The Balaban J connectivity index is 1.25. The van der Waals surface area contributed by atoms with Gasteiger partial charge in [0.1, 0.15) is 25.9 Å². The number of amides is 1. The largest absolute Gasteiger partial charge is 0.486 e. The maximum atomic E-state index is 13.1. The van der Waals surface area contributed by atoms with Crippen molar-refractivity contribution in [1.82, 2.24) is 29.4 Å². The molecular formula is C21H22N6O4. The second-order valence-corrected chi connectivity index (χ2v) is 7.62. The monoisotopic (exact) mass is 422 g/mol. The van der Waals surface area contributed by atoms with Crippen LogP contribution in [0.5, 0.6) is 11.5 Å². The van der Waals surface area contributed by atoms with Gasteiger partial charge >= 0.3 is 0 Å². The summed E-state index contributed by atoms with van der Waals surface area (Å²) in [6.07, 6.45) is 4.54. The van der Waals surface area contributed by atoms with Gasteiger partial charge in [0.25, 0.3) is 11.5 Å².